The van der Waals surface area contributed by atoms with Crippen LogP contribution in [-0.4, -0.2) is 45.1 Å². The van der Waals surface area contributed by atoms with Crippen LogP contribution < -0.4 is 0 Å². The monoisotopic (exact) mass is 346 g/mol. The van der Waals surface area contributed by atoms with E-state index in [1.54, 1.807) is 6.20 Å². The molecule has 2 atom stereocenters. The van der Waals surface area contributed by atoms with Crippen LogP contribution in [0.1, 0.15) is 35.8 Å². The van der Waals surface area contributed by atoms with Crippen molar-refractivity contribution in [3.63, 3.8) is 0 Å². The molecule has 5 nitrogen and oxygen atoms in total. The molecular weight excluding hydrogens is 324 g/mol. The normalized spacial score (nSPS) is 31.3. The number of rotatable bonds is 2. The molecule has 3 fully saturated rings. The number of nitrogens with zero attached hydrogens (tertiary/aromatic N) is 4. The average Bonchev–Trinajstić information content (AvgIpc) is 2.98. The van der Waals surface area contributed by atoms with E-state index in [2.05, 4.69) is 16.8 Å². The molecular formula is C18H23ClN4O. The van der Waals surface area contributed by atoms with Gasteiger partial charge in [-0.25, -0.2) is 0 Å². The summed E-state index contributed by atoms with van der Waals surface area (Å²) in [6.07, 6.45) is 6.94. The highest BCUT2D eigenvalue weighted by molar-refractivity contribution is 6.11. The van der Waals surface area contributed by atoms with Crippen LogP contribution in [0.15, 0.2) is 12.4 Å². The van der Waals surface area contributed by atoms with Crippen molar-refractivity contribution in [2.24, 2.45) is 17.8 Å². The van der Waals surface area contributed by atoms with Crippen LogP contribution in [-0.2, 0) is 13.0 Å². The highest BCUT2D eigenvalue weighted by Crippen LogP contribution is 2.42. The third-order valence-corrected chi connectivity index (χ3v) is 6.27. The quantitative estimate of drug-likeness (QED) is 0.838. The fraction of sp³-hybridized carbons (Fsp3) is 0.611. The molecule has 0 N–H and O–H groups in total. The lowest BCUT2D eigenvalue weighted by Crippen LogP contribution is -2.51. The van der Waals surface area contributed by atoms with Crippen LogP contribution in [0.4, 0.5) is 0 Å². The van der Waals surface area contributed by atoms with Gasteiger partial charge in [0.25, 0.3) is 0 Å². The number of aromatic nitrogens is 3. The van der Waals surface area contributed by atoms with Gasteiger partial charge in [0.1, 0.15) is 0 Å². The Balaban J connectivity index is 0.00000146. The molecule has 6 heteroatoms. The minimum Gasteiger partial charge on any atom is -0.303 e. The zero-order chi connectivity index (χ0) is 15.6. The summed E-state index contributed by atoms with van der Waals surface area (Å²) in [4.78, 5) is 20.0. The highest BCUT2D eigenvalue weighted by Gasteiger charge is 2.44. The average molecular weight is 347 g/mol. The number of halogens is 1. The summed E-state index contributed by atoms with van der Waals surface area (Å²) in [6.45, 7) is 6.44. The number of ketones is 1. The molecule has 0 spiro atoms. The number of carbonyl (C=O) groups excluding carboxylic acids is 1. The van der Waals surface area contributed by atoms with Gasteiger partial charge in [0, 0.05) is 42.6 Å². The summed E-state index contributed by atoms with van der Waals surface area (Å²) in [7, 11) is 0. The number of carbonyl (C=O) groups is 1. The Labute approximate surface area is 147 Å². The number of Topliss-reactive ketones (excluding diaryl/α,β-unsaturated/α-hetero) is 1. The van der Waals surface area contributed by atoms with Crippen molar-refractivity contribution < 1.29 is 4.79 Å². The molecule has 2 aromatic rings. The first-order valence-corrected chi connectivity index (χ1v) is 8.86. The van der Waals surface area contributed by atoms with E-state index in [9.17, 15) is 4.79 Å². The van der Waals surface area contributed by atoms with Crippen LogP contribution in [0.3, 0.4) is 0 Å². The lowest BCUT2D eigenvalue weighted by Gasteiger charge is -2.47. The van der Waals surface area contributed by atoms with Gasteiger partial charge in [0.15, 0.2) is 5.78 Å². The summed E-state index contributed by atoms with van der Waals surface area (Å²) >= 11 is 0. The first-order valence-electron chi connectivity index (χ1n) is 8.86. The van der Waals surface area contributed by atoms with Crippen LogP contribution in [0.25, 0.3) is 10.9 Å². The summed E-state index contributed by atoms with van der Waals surface area (Å²) < 4.78 is 1.99. The Morgan fingerprint density at radius 1 is 1.25 bits per heavy atom. The van der Waals surface area contributed by atoms with Crippen molar-refractivity contribution in [1.82, 2.24) is 19.7 Å². The minimum absolute atomic E-state index is 0. The molecule has 1 aliphatic carbocycles. The Morgan fingerprint density at radius 2 is 2.04 bits per heavy atom. The molecule has 2 bridgehead atoms. The molecule has 0 saturated carbocycles. The molecule has 24 heavy (non-hydrogen) atoms. The summed E-state index contributed by atoms with van der Waals surface area (Å²) in [5.41, 5.74) is 2.94. The molecule has 2 aromatic heterocycles. The van der Waals surface area contributed by atoms with Gasteiger partial charge in [0.05, 0.1) is 17.4 Å². The second-order valence-corrected chi connectivity index (χ2v) is 7.32. The van der Waals surface area contributed by atoms with E-state index in [0.717, 1.165) is 47.6 Å². The topological polar surface area (TPSA) is 51.0 Å². The maximum atomic E-state index is 13.2. The largest absolute Gasteiger partial charge is 0.303 e. The van der Waals surface area contributed by atoms with Crippen molar-refractivity contribution in [1.29, 1.82) is 0 Å². The highest BCUT2D eigenvalue weighted by atomic mass is 35.5. The van der Waals surface area contributed by atoms with E-state index in [1.807, 2.05) is 10.9 Å². The Bertz CT molecular complexity index is 794. The molecule has 1 unspecified atom stereocenters. The van der Waals surface area contributed by atoms with E-state index in [1.165, 1.54) is 25.9 Å². The molecule has 128 valence electrons. The molecule has 5 heterocycles. The Hall–Kier alpha value is -1.46. The molecule has 0 amide bonds. The number of aryl methyl sites for hydroxylation is 1. The van der Waals surface area contributed by atoms with Crippen LogP contribution in [0.2, 0.25) is 0 Å². The SMILES string of the molecule is CCn1nc2c3c(cncc31)C(=O)[C@@H](C1CN3CCC1CC3)C2.Cl. The van der Waals surface area contributed by atoms with E-state index in [-0.39, 0.29) is 18.3 Å². The van der Waals surface area contributed by atoms with Crippen LogP contribution in [0, 0.1) is 17.8 Å². The summed E-state index contributed by atoms with van der Waals surface area (Å²) in [5, 5.41) is 5.85. The van der Waals surface area contributed by atoms with E-state index >= 15 is 0 Å². The number of hydrogen-bond donors (Lipinski definition) is 0. The maximum Gasteiger partial charge on any atom is 0.168 e. The molecule has 6 rings (SSSR count). The van der Waals surface area contributed by atoms with Gasteiger partial charge in [-0.1, -0.05) is 0 Å². The first-order chi connectivity index (χ1) is 11.3. The smallest absolute Gasteiger partial charge is 0.168 e. The second-order valence-electron chi connectivity index (χ2n) is 7.32. The molecule has 3 saturated heterocycles. The van der Waals surface area contributed by atoms with Gasteiger partial charge >= 0.3 is 0 Å². The fourth-order valence-corrected chi connectivity index (χ4v) is 5.08. The third-order valence-electron chi connectivity index (χ3n) is 6.27. The fourth-order valence-electron chi connectivity index (χ4n) is 5.08. The van der Waals surface area contributed by atoms with Gasteiger partial charge in [-0.2, -0.15) is 5.10 Å². The zero-order valence-corrected chi connectivity index (χ0v) is 14.8. The zero-order valence-electron chi connectivity index (χ0n) is 13.9. The van der Waals surface area contributed by atoms with E-state index in [4.69, 9.17) is 5.10 Å². The molecule has 3 aliphatic heterocycles. The van der Waals surface area contributed by atoms with Gasteiger partial charge < -0.3 is 4.90 Å². The minimum atomic E-state index is 0. The van der Waals surface area contributed by atoms with Crippen molar-refractivity contribution in [3.05, 3.63) is 23.7 Å². The van der Waals surface area contributed by atoms with E-state index in [0.29, 0.717) is 11.7 Å². The Morgan fingerprint density at radius 3 is 2.71 bits per heavy atom. The van der Waals surface area contributed by atoms with Crippen molar-refractivity contribution in [2.45, 2.75) is 32.7 Å². The predicted molar refractivity (Wildman–Crippen MR) is 94.6 cm³/mol. The number of hydrogen-bond acceptors (Lipinski definition) is 4. The van der Waals surface area contributed by atoms with Crippen LogP contribution >= 0.6 is 12.4 Å². The predicted octanol–water partition coefficient (Wildman–Crippen LogP) is 2.57. The Kier molecular flexibility index (Phi) is 3.88. The van der Waals surface area contributed by atoms with Gasteiger partial charge in [-0.3, -0.25) is 14.5 Å². The van der Waals surface area contributed by atoms with Crippen molar-refractivity contribution >= 4 is 29.1 Å². The number of fused-ring (bicyclic) bond motifs is 3. The summed E-state index contributed by atoms with van der Waals surface area (Å²) in [5.74, 6) is 1.63. The first kappa shape index (κ1) is 16.0. The standard InChI is InChI=1S/C18H22N4O.ClH/c1-2-22-16-9-19-8-13-17(16)15(20-22)7-12(18(13)23)14-10-21-5-3-11(14)4-6-21;/h8-9,11-12,14H,2-7,10H2,1H3;1H/t12-,14?;/m1./s1. The molecule has 0 aromatic carbocycles. The van der Waals surface area contributed by atoms with Gasteiger partial charge in [-0.05, 0) is 44.7 Å². The summed E-state index contributed by atoms with van der Waals surface area (Å²) in [6, 6.07) is 0. The van der Waals surface area contributed by atoms with Crippen LogP contribution in [0.5, 0.6) is 0 Å². The number of piperidine rings is 3. The molecule has 0 radical (unpaired) electrons. The van der Waals surface area contributed by atoms with Gasteiger partial charge in [0.2, 0.25) is 0 Å². The lowest BCUT2D eigenvalue weighted by molar-refractivity contribution is 0.0192. The third kappa shape index (κ3) is 2.14. The lowest BCUT2D eigenvalue weighted by atomic mass is 9.67. The second kappa shape index (κ2) is 5.81. The van der Waals surface area contributed by atoms with Crippen molar-refractivity contribution in [3.8, 4) is 0 Å². The maximum absolute atomic E-state index is 13.2. The molecule has 4 aliphatic rings. The van der Waals surface area contributed by atoms with Gasteiger partial charge in [-0.15, -0.1) is 12.4 Å². The number of pyridine rings is 1. The van der Waals surface area contributed by atoms with E-state index < -0.39 is 0 Å². The van der Waals surface area contributed by atoms with Crippen molar-refractivity contribution in [2.75, 3.05) is 19.6 Å².